The molecule has 148 valence electrons. The van der Waals surface area contributed by atoms with E-state index in [0.29, 0.717) is 13.1 Å². The van der Waals surface area contributed by atoms with Crippen molar-refractivity contribution in [3.05, 3.63) is 35.9 Å². The molecule has 1 atom stereocenters. The smallest absolute Gasteiger partial charge is 0.317 e. The van der Waals surface area contributed by atoms with Gasteiger partial charge < -0.3 is 15.1 Å². The van der Waals surface area contributed by atoms with Gasteiger partial charge in [0.2, 0.25) is 5.91 Å². The molecule has 2 aliphatic heterocycles. The van der Waals surface area contributed by atoms with Crippen molar-refractivity contribution >= 4 is 11.9 Å². The molecule has 3 rings (SSSR count). The van der Waals surface area contributed by atoms with Crippen molar-refractivity contribution in [2.45, 2.75) is 58.4 Å². The van der Waals surface area contributed by atoms with Gasteiger partial charge in [0.1, 0.15) is 0 Å². The van der Waals surface area contributed by atoms with Gasteiger partial charge in [0.05, 0.1) is 5.41 Å². The summed E-state index contributed by atoms with van der Waals surface area (Å²) in [6, 6.07) is 10.4. The second-order valence-electron chi connectivity index (χ2n) is 9.12. The zero-order valence-electron chi connectivity index (χ0n) is 17.0. The molecule has 3 amide bonds. The summed E-state index contributed by atoms with van der Waals surface area (Å²) in [6.07, 6.45) is 4.71. The van der Waals surface area contributed by atoms with Gasteiger partial charge in [-0.2, -0.15) is 0 Å². The highest BCUT2D eigenvalue weighted by Gasteiger charge is 2.49. The van der Waals surface area contributed by atoms with Crippen molar-refractivity contribution in [3.8, 4) is 0 Å². The van der Waals surface area contributed by atoms with Gasteiger partial charge in [0, 0.05) is 31.7 Å². The third kappa shape index (κ3) is 4.82. The summed E-state index contributed by atoms with van der Waals surface area (Å²) in [5.74, 6) is 0.257. The number of likely N-dealkylation sites (tertiary alicyclic amines) is 2. The number of carbonyl (C=O) groups is 2. The van der Waals surface area contributed by atoms with Crippen molar-refractivity contribution < 1.29 is 9.59 Å². The number of hydrogen-bond donors (Lipinski definition) is 1. The van der Waals surface area contributed by atoms with Crippen LogP contribution < -0.4 is 5.32 Å². The molecule has 0 aromatic heterocycles. The van der Waals surface area contributed by atoms with E-state index < -0.39 is 0 Å². The second-order valence-corrected chi connectivity index (χ2v) is 9.12. The van der Waals surface area contributed by atoms with E-state index in [0.717, 1.165) is 45.2 Å². The molecule has 0 aliphatic carbocycles. The van der Waals surface area contributed by atoms with Crippen molar-refractivity contribution in [1.82, 2.24) is 15.1 Å². The predicted octanol–water partition coefficient (Wildman–Crippen LogP) is 3.44. The summed E-state index contributed by atoms with van der Waals surface area (Å²) in [5, 5.41) is 3.02. The lowest BCUT2D eigenvalue weighted by molar-refractivity contribution is -0.145. The first-order valence-electron chi connectivity index (χ1n) is 10.2. The van der Waals surface area contributed by atoms with E-state index >= 15 is 0 Å². The average molecular weight is 372 g/mol. The molecular formula is C22H33N3O2. The molecule has 2 heterocycles. The van der Waals surface area contributed by atoms with Gasteiger partial charge >= 0.3 is 6.03 Å². The molecule has 2 fully saturated rings. The van der Waals surface area contributed by atoms with E-state index in [1.54, 1.807) is 0 Å². The summed E-state index contributed by atoms with van der Waals surface area (Å²) in [4.78, 5) is 29.6. The standard InChI is InChI=1S/C22H33N3O2/c1-21(2,3)23-20(27)25-16-13-22(17-25)12-8-15-24(19(22)26)14-7-11-18-9-5-4-6-10-18/h4-6,9-10H,7-8,11-17H2,1-3H3,(H,23,27)/t22-/m0/s1. The van der Waals surface area contributed by atoms with Crippen LogP contribution in [0.1, 0.15) is 52.0 Å². The Hall–Kier alpha value is -2.04. The lowest BCUT2D eigenvalue weighted by atomic mass is 9.78. The highest BCUT2D eigenvalue weighted by Crippen LogP contribution is 2.40. The molecule has 1 aromatic rings. The van der Waals surface area contributed by atoms with Crippen molar-refractivity contribution in [1.29, 1.82) is 0 Å². The number of nitrogens with one attached hydrogen (secondary N) is 1. The van der Waals surface area contributed by atoms with Crippen LogP contribution in [-0.2, 0) is 11.2 Å². The van der Waals surface area contributed by atoms with Crippen LogP contribution in [0.5, 0.6) is 0 Å². The second kappa shape index (κ2) is 7.91. The molecule has 5 nitrogen and oxygen atoms in total. The van der Waals surface area contributed by atoms with E-state index in [4.69, 9.17) is 0 Å². The molecule has 0 saturated carbocycles. The maximum atomic E-state index is 13.2. The Morgan fingerprint density at radius 3 is 2.59 bits per heavy atom. The molecule has 0 radical (unpaired) electrons. The minimum Gasteiger partial charge on any atom is -0.342 e. The van der Waals surface area contributed by atoms with Crippen LogP contribution in [0.15, 0.2) is 30.3 Å². The van der Waals surface area contributed by atoms with Gasteiger partial charge in [0.15, 0.2) is 0 Å². The SMILES string of the molecule is CC(C)(C)NC(=O)N1CC[C@@]2(CCCN(CCCc3ccccc3)C2=O)C1. The minimum absolute atomic E-state index is 0.0478. The van der Waals surface area contributed by atoms with Crippen molar-refractivity contribution in [3.63, 3.8) is 0 Å². The monoisotopic (exact) mass is 371 g/mol. The zero-order chi connectivity index (χ0) is 19.5. The summed E-state index contributed by atoms with van der Waals surface area (Å²) in [6.45, 7) is 8.84. The zero-order valence-corrected chi connectivity index (χ0v) is 17.0. The summed E-state index contributed by atoms with van der Waals surface area (Å²) in [5.41, 5.74) is 0.704. The van der Waals surface area contributed by atoms with E-state index in [2.05, 4.69) is 29.6 Å². The number of rotatable bonds is 4. The van der Waals surface area contributed by atoms with Crippen LogP contribution in [0.4, 0.5) is 4.79 Å². The number of urea groups is 1. The summed E-state index contributed by atoms with van der Waals surface area (Å²) < 4.78 is 0. The number of carbonyl (C=O) groups excluding carboxylic acids is 2. The number of hydrogen-bond acceptors (Lipinski definition) is 2. The Bertz CT molecular complexity index is 668. The van der Waals surface area contributed by atoms with Gasteiger partial charge in [-0.1, -0.05) is 30.3 Å². The van der Waals surface area contributed by atoms with Gasteiger partial charge in [0.25, 0.3) is 0 Å². The molecule has 1 spiro atoms. The largest absolute Gasteiger partial charge is 0.342 e. The van der Waals surface area contributed by atoms with Gasteiger partial charge in [-0.25, -0.2) is 4.79 Å². The highest BCUT2D eigenvalue weighted by molar-refractivity contribution is 5.86. The lowest BCUT2D eigenvalue weighted by Crippen LogP contribution is -2.52. The number of amides is 3. The lowest BCUT2D eigenvalue weighted by Gasteiger charge is -2.39. The maximum absolute atomic E-state index is 13.2. The average Bonchev–Trinajstić information content (AvgIpc) is 3.04. The number of benzene rings is 1. The van der Waals surface area contributed by atoms with Gasteiger partial charge in [-0.15, -0.1) is 0 Å². The molecule has 0 unspecified atom stereocenters. The van der Waals surface area contributed by atoms with Crippen LogP contribution in [0.2, 0.25) is 0 Å². The van der Waals surface area contributed by atoms with Crippen LogP contribution >= 0.6 is 0 Å². The van der Waals surface area contributed by atoms with Crippen LogP contribution in [0, 0.1) is 5.41 Å². The normalized spacial score (nSPS) is 23.1. The molecule has 5 heteroatoms. The van der Waals surface area contributed by atoms with Gasteiger partial charge in [-0.3, -0.25) is 4.79 Å². The molecule has 2 saturated heterocycles. The number of aryl methyl sites for hydroxylation is 1. The number of nitrogens with zero attached hydrogens (tertiary/aromatic N) is 2. The van der Waals surface area contributed by atoms with Gasteiger partial charge in [-0.05, 0) is 58.4 Å². The van der Waals surface area contributed by atoms with Crippen molar-refractivity contribution in [2.24, 2.45) is 5.41 Å². The van der Waals surface area contributed by atoms with E-state index in [9.17, 15) is 9.59 Å². The fourth-order valence-corrected chi connectivity index (χ4v) is 4.31. The molecule has 27 heavy (non-hydrogen) atoms. The Kier molecular flexibility index (Phi) is 5.78. The van der Waals surface area contributed by atoms with Crippen LogP contribution in [0.25, 0.3) is 0 Å². The minimum atomic E-state index is -0.361. The first-order valence-corrected chi connectivity index (χ1v) is 10.2. The third-order valence-corrected chi connectivity index (χ3v) is 5.68. The van der Waals surface area contributed by atoms with Crippen molar-refractivity contribution in [2.75, 3.05) is 26.2 Å². The molecule has 0 bridgehead atoms. The molecular weight excluding hydrogens is 338 g/mol. The Morgan fingerprint density at radius 2 is 1.89 bits per heavy atom. The van der Waals surface area contributed by atoms with E-state index in [1.165, 1.54) is 5.56 Å². The fraction of sp³-hybridized carbons (Fsp3) is 0.636. The van der Waals surface area contributed by atoms with Crippen LogP contribution in [-0.4, -0.2) is 53.5 Å². The third-order valence-electron chi connectivity index (χ3n) is 5.68. The molecule has 1 N–H and O–H groups in total. The first kappa shape index (κ1) is 19.7. The quantitative estimate of drug-likeness (QED) is 0.881. The molecule has 2 aliphatic rings. The van der Waals surface area contributed by atoms with E-state index in [-0.39, 0.29) is 22.9 Å². The first-order chi connectivity index (χ1) is 12.8. The summed E-state index contributed by atoms with van der Waals surface area (Å²) >= 11 is 0. The number of piperidine rings is 1. The Labute approximate surface area is 163 Å². The van der Waals surface area contributed by atoms with E-state index in [1.807, 2.05) is 36.6 Å². The van der Waals surface area contributed by atoms with Crippen LogP contribution in [0.3, 0.4) is 0 Å². The fourth-order valence-electron chi connectivity index (χ4n) is 4.31. The maximum Gasteiger partial charge on any atom is 0.317 e. The summed E-state index contributed by atoms with van der Waals surface area (Å²) in [7, 11) is 0. The Balaban J connectivity index is 1.55. The topological polar surface area (TPSA) is 52.7 Å². The predicted molar refractivity (Wildman–Crippen MR) is 107 cm³/mol. The highest BCUT2D eigenvalue weighted by atomic mass is 16.2. The molecule has 1 aromatic carbocycles. The Morgan fingerprint density at radius 1 is 1.15 bits per heavy atom.